The van der Waals surface area contributed by atoms with Crippen LogP contribution in [0.15, 0.2) is 18.2 Å². The molecule has 0 saturated carbocycles. The molecule has 1 aromatic carbocycles. The third-order valence-electron chi connectivity index (χ3n) is 3.78. The Bertz CT molecular complexity index is 722. The van der Waals surface area contributed by atoms with Gasteiger partial charge in [0.2, 0.25) is 0 Å². The molecule has 1 amide bonds. The molecule has 1 fully saturated rings. The number of likely N-dealkylation sites (tertiary alicyclic amines) is 1. The molecular weight excluding hydrogens is 293 g/mol. The van der Waals surface area contributed by atoms with Gasteiger partial charge in [0.25, 0.3) is 5.88 Å². The highest BCUT2D eigenvalue weighted by Crippen LogP contribution is 2.24. The molecule has 0 aliphatic carbocycles. The zero-order valence-corrected chi connectivity index (χ0v) is 11.6. The molecular formula is C14H14FN3O4. The third-order valence-corrected chi connectivity index (χ3v) is 3.78. The smallest absolute Gasteiger partial charge is 0.416 e. The Morgan fingerprint density at radius 3 is 2.77 bits per heavy atom. The molecule has 1 aliphatic heterocycles. The summed E-state index contributed by atoms with van der Waals surface area (Å²) in [5, 5.41) is 15.9. The van der Waals surface area contributed by atoms with E-state index in [1.165, 1.54) is 23.1 Å². The van der Waals surface area contributed by atoms with Gasteiger partial charge in [-0.05, 0) is 31.0 Å². The molecule has 22 heavy (non-hydrogen) atoms. The second-order valence-corrected chi connectivity index (χ2v) is 5.19. The molecule has 1 aliphatic rings. The zero-order valence-electron chi connectivity index (χ0n) is 11.6. The molecule has 1 aromatic heterocycles. The summed E-state index contributed by atoms with van der Waals surface area (Å²) in [7, 11) is 0. The van der Waals surface area contributed by atoms with Gasteiger partial charge < -0.3 is 14.7 Å². The predicted molar refractivity (Wildman–Crippen MR) is 74.0 cm³/mol. The summed E-state index contributed by atoms with van der Waals surface area (Å²) < 4.78 is 18.3. The SMILES string of the molecule is O=C(O)C1CCN(C(=O)Oc2n[nH]c3cc(F)ccc23)CC1. The average molecular weight is 307 g/mol. The topological polar surface area (TPSA) is 95.5 Å². The van der Waals surface area contributed by atoms with Crippen LogP contribution < -0.4 is 4.74 Å². The highest BCUT2D eigenvalue weighted by molar-refractivity contribution is 5.86. The van der Waals surface area contributed by atoms with Crippen LogP contribution in [0.5, 0.6) is 5.88 Å². The number of nitrogens with one attached hydrogen (secondary N) is 1. The number of amides is 1. The summed E-state index contributed by atoms with van der Waals surface area (Å²) in [5.74, 6) is -1.59. The minimum atomic E-state index is -0.840. The lowest BCUT2D eigenvalue weighted by Crippen LogP contribution is -2.41. The number of carboxylic acid groups (broad SMARTS) is 1. The molecule has 0 spiro atoms. The van der Waals surface area contributed by atoms with E-state index in [0.717, 1.165) is 0 Å². The van der Waals surface area contributed by atoms with Crippen molar-refractivity contribution in [3.63, 3.8) is 0 Å². The van der Waals surface area contributed by atoms with Crippen LogP contribution in [0.3, 0.4) is 0 Å². The van der Waals surface area contributed by atoms with Crippen LogP contribution in [0.2, 0.25) is 0 Å². The number of ether oxygens (including phenoxy) is 1. The minimum absolute atomic E-state index is 0.0837. The highest BCUT2D eigenvalue weighted by Gasteiger charge is 2.28. The van der Waals surface area contributed by atoms with Crippen LogP contribution in [0.4, 0.5) is 9.18 Å². The van der Waals surface area contributed by atoms with E-state index in [4.69, 9.17) is 9.84 Å². The Balaban J connectivity index is 1.68. The van der Waals surface area contributed by atoms with E-state index < -0.39 is 23.8 Å². The number of hydrogen-bond acceptors (Lipinski definition) is 4. The number of nitrogens with zero attached hydrogens (tertiary/aromatic N) is 2. The number of aliphatic carboxylic acids is 1. The van der Waals surface area contributed by atoms with Crippen molar-refractivity contribution in [2.75, 3.05) is 13.1 Å². The van der Waals surface area contributed by atoms with Crippen molar-refractivity contribution in [2.45, 2.75) is 12.8 Å². The summed E-state index contributed by atoms with van der Waals surface area (Å²) in [6, 6.07) is 4.00. The van der Waals surface area contributed by atoms with Crippen molar-refractivity contribution in [2.24, 2.45) is 5.92 Å². The fraction of sp³-hybridized carbons (Fsp3) is 0.357. The van der Waals surface area contributed by atoms with Gasteiger partial charge in [0, 0.05) is 13.1 Å². The molecule has 2 aromatic rings. The molecule has 7 nitrogen and oxygen atoms in total. The predicted octanol–water partition coefficient (Wildman–Crippen LogP) is 2.00. The molecule has 2 heterocycles. The third kappa shape index (κ3) is 2.72. The van der Waals surface area contributed by atoms with Gasteiger partial charge in [-0.25, -0.2) is 9.18 Å². The second-order valence-electron chi connectivity index (χ2n) is 5.19. The molecule has 3 rings (SSSR count). The number of rotatable bonds is 2. The largest absolute Gasteiger partial charge is 0.481 e. The molecule has 0 radical (unpaired) electrons. The number of carbonyl (C=O) groups excluding carboxylic acids is 1. The fourth-order valence-corrected chi connectivity index (χ4v) is 2.50. The number of carbonyl (C=O) groups is 2. The number of fused-ring (bicyclic) bond motifs is 1. The van der Waals surface area contributed by atoms with Gasteiger partial charge in [-0.3, -0.25) is 9.89 Å². The Morgan fingerprint density at radius 1 is 1.36 bits per heavy atom. The normalized spacial score (nSPS) is 16.0. The Morgan fingerprint density at radius 2 is 2.09 bits per heavy atom. The van der Waals surface area contributed by atoms with E-state index in [0.29, 0.717) is 36.8 Å². The number of halogens is 1. The number of aromatic amines is 1. The van der Waals surface area contributed by atoms with Gasteiger partial charge in [-0.1, -0.05) is 0 Å². The quantitative estimate of drug-likeness (QED) is 0.884. The molecule has 0 atom stereocenters. The Hall–Kier alpha value is -2.64. The standard InChI is InChI=1S/C14H14FN3O4/c15-9-1-2-10-11(7-9)16-17-12(10)22-14(21)18-5-3-8(4-6-18)13(19)20/h1-2,7-8H,3-6H2,(H,16,17)(H,19,20). The number of piperidine rings is 1. The lowest BCUT2D eigenvalue weighted by Gasteiger charge is -2.28. The van der Waals surface area contributed by atoms with Crippen molar-refractivity contribution in [3.8, 4) is 5.88 Å². The summed E-state index contributed by atoms with van der Waals surface area (Å²) in [6.07, 6.45) is 0.218. The van der Waals surface area contributed by atoms with Gasteiger partial charge in [0.15, 0.2) is 0 Å². The molecule has 0 unspecified atom stereocenters. The van der Waals surface area contributed by atoms with E-state index in [2.05, 4.69) is 10.2 Å². The van der Waals surface area contributed by atoms with Crippen molar-refractivity contribution < 1.29 is 23.8 Å². The Labute approximate surface area is 124 Å². The first-order valence-electron chi connectivity index (χ1n) is 6.88. The second kappa shape index (κ2) is 5.63. The van der Waals surface area contributed by atoms with Crippen LogP contribution >= 0.6 is 0 Å². The van der Waals surface area contributed by atoms with E-state index in [-0.39, 0.29) is 5.88 Å². The number of aromatic nitrogens is 2. The molecule has 2 N–H and O–H groups in total. The molecule has 8 heteroatoms. The van der Waals surface area contributed by atoms with E-state index in [9.17, 15) is 14.0 Å². The monoisotopic (exact) mass is 307 g/mol. The Kier molecular flexibility index (Phi) is 3.66. The van der Waals surface area contributed by atoms with Gasteiger partial charge >= 0.3 is 12.1 Å². The summed E-state index contributed by atoms with van der Waals surface area (Å²) in [5.41, 5.74) is 0.437. The first kappa shape index (κ1) is 14.3. The average Bonchev–Trinajstić information content (AvgIpc) is 2.89. The summed E-state index contributed by atoms with van der Waals surface area (Å²) in [6.45, 7) is 0.652. The fourth-order valence-electron chi connectivity index (χ4n) is 2.50. The first-order chi connectivity index (χ1) is 10.5. The van der Waals surface area contributed by atoms with Crippen LogP contribution in [-0.4, -0.2) is 45.4 Å². The van der Waals surface area contributed by atoms with E-state index in [1.807, 2.05) is 0 Å². The number of H-pyrrole nitrogens is 1. The lowest BCUT2D eigenvalue weighted by atomic mass is 9.97. The van der Waals surface area contributed by atoms with Gasteiger partial charge in [0.1, 0.15) is 5.82 Å². The molecule has 0 bridgehead atoms. The zero-order chi connectivity index (χ0) is 15.7. The van der Waals surface area contributed by atoms with Crippen LogP contribution in [0.1, 0.15) is 12.8 Å². The maximum atomic E-state index is 13.1. The minimum Gasteiger partial charge on any atom is -0.481 e. The maximum Gasteiger partial charge on any atom is 0.416 e. The van der Waals surface area contributed by atoms with Crippen molar-refractivity contribution in [3.05, 3.63) is 24.0 Å². The summed E-state index contributed by atoms with van der Waals surface area (Å²) in [4.78, 5) is 24.4. The maximum absolute atomic E-state index is 13.1. The van der Waals surface area contributed by atoms with Crippen molar-refractivity contribution in [1.82, 2.24) is 15.1 Å². The number of carboxylic acids is 1. The van der Waals surface area contributed by atoms with Crippen molar-refractivity contribution in [1.29, 1.82) is 0 Å². The van der Waals surface area contributed by atoms with E-state index in [1.54, 1.807) is 0 Å². The highest BCUT2D eigenvalue weighted by atomic mass is 19.1. The molecule has 1 saturated heterocycles. The lowest BCUT2D eigenvalue weighted by molar-refractivity contribution is -0.143. The van der Waals surface area contributed by atoms with Gasteiger partial charge in [-0.15, -0.1) is 5.10 Å². The number of benzene rings is 1. The van der Waals surface area contributed by atoms with Crippen LogP contribution in [-0.2, 0) is 4.79 Å². The van der Waals surface area contributed by atoms with E-state index >= 15 is 0 Å². The van der Waals surface area contributed by atoms with Crippen LogP contribution in [0, 0.1) is 11.7 Å². The van der Waals surface area contributed by atoms with Crippen molar-refractivity contribution >= 4 is 23.0 Å². The number of hydrogen-bond donors (Lipinski definition) is 2. The summed E-state index contributed by atoms with van der Waals surface area (Å²) >= 11 is 0. The molecule has 116 valence electrons. The van der Waals surface area contributed by atoms with Crippen LogP contribution in [0.25, 0.3) is 10.9 Å². The van der Waals surface area contributed by atoms with Gasteiger partial charge in [0.05, 0.1) is 16.8 Å². The van der Waals surface area contributed by atoms with Gasteiger partial charge in [-0.2, -0.15) is 0 Å². The first-order valence-corrected chi connectivity index (χ1v) is 6.88.